The van der Waals surface area contributed by atoms with E-state index in [0.29, 0.717) is 17.5 Å². The first-order valence-corrected chi connectivity index (χ1v) is 24.1. The maximum Gasteiger partial charge on any atom is 0.165 e. The van der Waals surface area contributed by atoms with Crippen molar-refractivity contribution in [1.82, 2.24) is 19.5 Å². The minimum Gasteiger partial charge on any atom is -0.456 e. The highest BCUT2D eigenvalue weighted by Crippen LogP contribution is 2.43. The summed E-state index contributed by atoms with van der Waals surface area (Å²) in [6, 6.07) is 78.1. The molecule has 4 heterocycles. The predicted molar refractivity (Wildman–Crippen MR) is 289 cm³/mol. The number of hydrogen-bond donors (Lipinski definition) is 0. The first kappa shape index (κ1) is 38.2. The molecule has 11 aromatic carbocycles. The average Bonchev–Trinajstić information content (AvgIpc) is 4.10. The molecule has 0 N–H and O–H groups in total. The Bertz CT molecular complexity index is 4580. The van der Waals surface area contributed by atoms with Crippen LogP contribution in [0.25, 0.3) is 147 Å². The van der Waals surface area contributed by atoms with E-state index in [-0.39, 0.29) is 0 Å². The van der Waals surface area contributed by atoms with Gasteiger partial charge >= 0.3 is 0 Å². The van der Waals surface area contributed by atoms with Gasteiger partial charge in [0.2, 0.25) is 0 Å². The third kappa shape index (κ3) is 5.79. The second kappa shape index (κ2) is 14.8. The van der Waals surface area contributed by atoms with Crippen molar-refractivity contribution in [3.8, 4) is 51.0 Å². The van der Waals surface area contributed by atoms with E-state index in [0.717, 1.165) is 60.0 Å². The van der Waals surface area contributed by atoms with Crippen molar-refractivity contribution in [3.05, 3.63) is 218 Å². The Morgan fingerprint density at radius 1 is 0.333 bits per heavy atom. The van der Waals surface area contributed by atoms with Crippen LogP contribution in [-0.2, 0) is 0 Å². The van der Waals surface area contributed by atoms with E-state index in [2.05, 4.69) is 193 Å². The summed E-state index contributed by atoms with van der Waals surface area (Å²) in [5.74, 6) is 1.83. The molecule has 0 bridgehead atoms. The lowest BCUT2D eigenvalue weighted by Crippen LogP contribution is -2.01. The Morgan fingerprint density at radius 3 is 1.64 bits per heavy atom. The molecule has 0 saturated heterocycles. The Hall–Kier alpha value is -8.97. The summed E-state index contributed by atoms with van der Waals surface area (Å²) in [6.45, 7) is 0. The number of thiophene rings is 1. The van der Waals surface area contributed by atoms with Crippen molar-refractivity contribution in [1.29, 1.82) is 0 Å². The summed E-state index contributed by atoms with van der Waals surface area (Å²) in [5, 5.41) is 14.5. The van der Waals surface area contributed by atoms with Gasteiger partial charge < -0.3 is 8.98 Å². The third-order valence-corrected chi connectivity index (χ3v) is 15.3. The lowest BCUT2D eigenvalue weighted by Gasteiger charge is -2.13. The van der Waals surface area contributed by atoms with E-state index in [9.17, 15) is 0 Å². The van der Waals surface area contributed by atoms with Gasteiger partial charge in [-0.25, -0.2) is 15.0 Å². The van der Waals surface area contributed by atoms with Crippen molar-refractivity contribution >= 4 is 108 Å². The highest BCUT2D eigenvalue weighted by Gasteiger charge is 2.21. The number of benzene rings is 11. The maximum absolute atomic E-state index is 6.35. The summed E-state index contributed by atoms with van der Waals surface area (Å²) in [4.78, 5) is 15.9. The van der Waals surface area contributed by atoms with Crippen LogP contribution in [0.5, 0.6) is 0 Å². The molecular weight excluding hydrogens is 861 g/mol. The molecule has 0 saturated carbocycles. The number of nitrogens with zero attached hydrogens (tertiary/aromatic N) is 4. The Balaban J connectivity index is 0.895. The van der Waals surface area contributed by atoms with Crippen LogP contribution in [0.2, 0.25) is 0 Å². The fourth-order valence-corrected chi connectivity index (χ4v) is 12.1. The van der Waals surface area contributed by atoms with E-state index in [4.69, 9.17) is 19.4 Å². The first-order chi connectivity index (χ1) is 34.2. The number of rotatable bonds is 5. The van der Waals surface area contributed by atoms with E-state index in [1.807, 2.05) is 30.3 Å². The molecule has 0 fully saturated rings. The largest absolute Gasteiger partial charge is 0.456 e. The molecule has 0 atom stereocenters. The Kier molecular flexibility index (Phi) is 8.17. The van der Waals surface area contributed by atoms with Crippen LogP contribution < -0.4 is 0 Å². The van der Waals surface area contributed by atoms with Crippen LogP contribution in [0, 0.1) is 0 Å². The highest BCUT2D eigenvalue weighted by atomic mass is 32.1. The van der Waals surface area contributed by atoms with Gasteiger partial charge in [-0.1, -0.05) is 152 Å². The Morgan fingerprint density at radius 2 is 0.855 bits per heavy atom. The summed E-state index contributed by atoms with van der Waals surface area (Å²) < 4.78 is 11.1. The minimum absolute atomic E-state index is 0.596. The van der Waals surface area contributed by atoms with Crippen molar-refractivity contribution in [3.63, 3.8) is 0 Å². The number of aromatic nitrogens is 4. The Labute approximate surface area is 398 Å². The van der Waals surface area contributed by atoms with Crippen LogP contribution in [0.4, 0.5) is 0 Å². The molecule has 0 unspecified atom stereocenters. The van der Waals surface area contributed by atoms with Crippen LogP contribution >= 0.6 is 11.3 Å². The van der Waals surface area contributed by atoms with Crippen molar-refractivity contribution < 1.29 is 4.42 Å². The van der Waals surface area contributed by atoms with Gasteiger partial charge in [-0.2, -0.15) is 0 Å². The van der Waals surface area contributed by atoms with Gasteiger partial charge in [0.05, 0.1) is 11.0 Å². The molecular formula is C63H36N4OS. The topological polar surface area (TPSA) is 56.7 Å². The first-order valence-electron chi connectivity index (χ1n) is 23.3. The van der Waals surface area contributed by atoms with Gasteiger partial charge in [0.15, 0.2) is 17.5 Å². The number of hydrogen-bond acceptors (Lipinski definition) is 5. The smallest absolute Gasteiger partial charge is 0.165 e. The summed E-state index contributed by atoms with van der Waals surface area (Å²) >= 11 is 1.78. The second-order valence-electron chi connectivity index (χ2n) is 17.8. The van der Waals surface area contributed by atoms with E-state index >= 15 is 0 Å². The molecule has 0 aliphatic rings. The maximum atomic E-state index is 6.35. The summed E-state index contributed by atoms with van der Waals surface area (Å²) in [5.41, 5.74) is 10.1. The molecule has 69 heavy (non-hydrogen) atoms. The molecule has 15 aromatic rings. The fraction of sp³-hybridized carbons (Fsp3) is 0. The van der Waals surface area contributed by atoms with Gasteiger partial charge in [0, 0.05) is 64.1 Å². The number of para-hydroxylation sites is 2. The standard InChI is InChI=1S/C63H36N4OS/c1-2-15-43-41(13-1)42-14-3-4-16-44(42)53-35-38(29-33-45(43)53)39-30-34-47-46-17-5-8-23-54(46)67(55(47)36-39)40-31-27-37(28-32-40)61-64-62(51-21-12-25-57-59(51)50-19-6-9-24-56(50)68-57)66-63(65-61)52-22-11-20-49-48-18-7-10-26-58(48)69-60(49)52/h1-36H. The molecule has 320 valence electrons. The fourth-order valence-electron chi connectivity index (χ4n) is 10.9. The lowest BCUT2D eigenvalue weighted by atomic mass is 9.92. The molecule has 6 heteroatoms. The quantitative estimate of drug-likeness (QED) is 0.162. The molecule has 0 aliphatic carbocycles. The summed E-state index contributed by atoms with van der Waals surface area (Å²) in [6.07, 6.45) is 0. The van der Waals surface area contributed by atoms with E-state index in [1.54, 1.807) is 11.3 Å². The SMILES string of the molecule is c1ccc2c(c1)oc1cccc(-c3nc(-c4ccc(-n5c6ccccc6c6ccc(-c7ccc8c9ccccc9c9ccccc9c8c7)cc65)cc4)nc(-c4cccc5c4sc4ccccc45)n3)c12. The van der Waals surface area contributed by atoms with Crippen molar-refractivity contribution in [2.24, 2.45) is 0 Å². The zero-order chi connectivity index (χ0) is 45.2. The average molecular weight is 897 g/mol. The zero-order valence-corrected chi connectivity index (χ0v) is 37.7. The zero-order valence-electron chi connectivity index (χ0n) is 36.9. The van der Waals surface area contributed by atoms with Crippen LogP contribution in [0.3, 0.4) is 0 Å². The molecule has 0 aliphatic heterocycles. The molecule has 5 nitrogen and oxygen atoms in total. The van der Waals surface area contributed by atoms with Gasteiger partial charge in [0.1, 0.15) is 11.2 Å². The van der Waals surface area contributed by atoms with Crippen LogP contribution in [0.15, 0.2) is 223 Å². The molecule has 0 spiro atoms. The van der Waals surface area contributed by atoms with E-state index < -0.39 is 0 Å². The normalized spacial score (nSPS) is 12.1. The van der Waals surface area contributed by atoms with Gasteiger partial charge in [-0.15, -0.1) is 11.3 Å². The number of furan rings is 1. The van der Waals surface area contributed by atoms with Gasteiger partial charge in [-0.05, 0) is 110 Å². The monoisotopic (exact) mass is 896 g/mol. The predicted octanol–water partition coefficient (Wildman–Crippen LogP) is 17.4. The van der Waals surface area contributed by atoms with Gasteiger partial charge in [-0.3, -0.25) is 0 Å². The van der Waals surface area contributed by atoms with Crippen LogP contribution in [0.1, 0.15) is 0 Å². The molecule has 15 rings (SSSR count). The van der Waals surface area contributed by atoms with Gasteiger partial charge in [0.25, 0.3) is 0 Å². The van der Waals surface area contributed by atoms with Crippen molar-refractivity contribution in [2.75, 3.05) is 0 Å². The van der Waals surface area contributed by atoms with Crippen molar-refractivity contribution in [2.45, 2.75) is 0 Å². The minimum atomic E-state index is 0.596. The lowest BCUT2D eigenvalue weighted by molar-refractivity contribution is 0.669. The van der Waals surface area contributed by atoms with E-state index in [1.165, 1.54) is 69.7 Å². The molecule has 0 radical (unpaired) electrons. The highest BCUT2D eigenvalue weighted by molar-refractivity contribution is 7.26. The number of fused-ring (bicyclic) bond motifs is 15. The molecule has 0 amide bonds. The third-order valence-electron chi connectivity index (χ3n) is 14.1. The summed E-state index contributed by atoms with van der Waals surface area (Å²) in [7, 11) is 0. The molecule has 4 aromatic heterocycles. The van der Waals surface area contributed by atoms with Crippen LogP contribution in [-0.4, -0.2) is 19.5 Å². The second-order valence-corrected chi connectivity index (χ2v) is 18.9.